The average Bonchev–Trinajstić information content (AvgIpc) is 2.26. The standard InChI is InChI=1S/C12H15Cl2NO4S/c1-8(2)6-15(7-11(16)17)20(18,19)12-9(13)4-3-5-10(12)14/h3-5,8H,6-7H2,1-2H3,(H,16,17). The molecule has 0 aromatic heterocycles. The molecule has 20 heavy (non-hydrogen) atoms. The van der Waals surface area contributed by atoms with Gasteiger partial charge in [0.25, 0.3) is 0 Å². The Morgan fingerprint density at radius 2 is 1.80 bits per heavy atom. The van der Waals surface area contributed by atoms with Crippen LogP contribution in [-0.4, -0.2) is 36.9 Å². The zero-order valence-corrected chi connectivity index (χ0v) is 13.3. The highest BCUT2D eigenvalue weighted by molar-refractivity contribution is 7.89. The van der Waals surface area contributed by atoms with Crippen molar-refractivity contribution in [2.75, 3.05) is 13.1 Å². The minimum atomic E-state index is -4.06. The molecule has 0 aliphatic heterocycles. The van der Waals surface area contributed by atoms with E-state index >= 15 is 0 Å². The van der Waals surface area contributed by atoms with E-state index < -0.39 is 22.5 Å². The van der Waals surface area contributed by atoms with Gasteiger partial charge in [0.2, 0.25) is 10.0 Å². The lowest BCUT2D eigenvalue weighted by molar-refractivity contribution is -0.137. The minimum Gasteiger partial charge on any atom is -0.480 e. The molecule has 1 rings (SSSR count). The molecule has 0 atom stereocenters. The summed E-state index contributed by atoms with van der Waals surface area (Å²) in [7, 11) is -4.06. The van der Waals surface area contributed by atoms with Crippen molar-refractivity contribution >= 4 is 39.2 Å². The van der Waals surface area contributed by atoms with E-state index in [0.717, 1.165) is 4.31 Å². The van der Waals surface area contributed by atoms with E-state index in [-0.39, 0.29) is 27.4 Å². The first-order chi connectivity index (χ1) is 9.16. The molecule has 0 bridgehead atoms. The predicted molar refractivity (Wildman–Crippen MR) is 77.7 cm³/mol. The summed E-state index contributed by atoms with van der Waals surface area (Å²) in [6.07, 6.45) is 0. The lowest BCUT2D eigenvalue weighted by Gasteiger charge is -2.23. The maximum atomic E-state index is 12.5. The minimum absolute atomic E-state index is 0.0309. The maximum Gasteiger partial charge on any atom is 0.318 e. The van der Waals surface area contributed by atoms with E-state index in [2.05, 4.69) is 0 Å². The maximum absolute atomic E-state index is 12.5. The highest BCUT2D eigenvalue weighted by Gasteiger charge is 2.31. The molecule has 0 amide bonds. The van der Waals surface area contributed by atoms with Gasteiger partial charge in [-0.2, -0.15) is 4.31 Å². The van der Waals surface area contributed by atoms with E-state index in [1.165, 1.54) is 18.2 Å². The molecule has 1 aromatic rings. The summed E-state index contributed by atoms with van der Waals surface area (Å²) in [6.45, 7) is 3.01. The van der Waals surface area contributed by atoms with Crippen LogP contribution in [-0.2, 0) is 14.8 Å². The molecule has 112 valence electrons. The van der Waals surface area contributed by atoms with Crippen LogP contribution in [0.4, 0.5) is 0 Å². The van der Waals surface area contributed by atoms with Crippen molar-refractivity contribution in [3.8, 4) is 0 Å². The third-order valence-corrected chi connectivity index (χ3v) is 5.16. The van der Waals surface area contributed by atoms with Gasteiger partial charge in [-0.3, -0.25) is 4.79 Å². The number of hydrogen-bond acceptors (Lipinski definition) is 3. The predicted octanol–water partition coefficient (Wildman–Crippen LogP) is 2.72. The van der Waals surface area contributed by atoms with Gasteiger partial charge >= 0.3 is 5.97 Å². The molecule has 0 heterocycles. The van der Waals surface area contributed by atoms with Crippen molar-refractivity contribution in [3.05, 3.63) is 28.2 Å². The summed E-state index contributed by atoms with van der Waals surface area (Å²) >= 11 is 11.8. The van der Waals surface area contributed by atoms with Crippen molar-refractivity contribution < 1.29 is 18.3 Å². The third-order valence-electron chi connectivity index (χ3n) is 2.40. The van der Waals surface area contributed by atoms with Gasteiger partial charge in [0.1, 0.15) is 11.4 Å². The molecule has 0 aliphatic rings. The summed E-state index contributed by atoms with van der Waals surface area (Å²) in [4.78, 5) is 10.6. The van der Waals surface area contributed by atoms with E-state index in [1.54, 1.807) is 13.8 Å². The molecule has 0 aliphatic carbocycles. The highest BCUT2D eigenvalue weighted by atomic mass is 35.5. The molecule has 0 saturated carbocycles. The lowest BCUT2D eigenvalue weighted by atomic mass is 10.2. The number of nitrogens with zero attached hydrogens (tertiary/aromatic N) is 1. The molecule has 0 fully saturated rings. The number of carboxylic acids is 1. The van der Waals surface area contributed by atoms with Gasteiger partial charge in [0.15, 0.2) is 0 Å². The van der Waals surface area contributed by atoms with E-state index in [0.29, 0.717) is 0 Å². The Hall–Kier alpha value is -0.820. The Kier molecular flexibility index (Phi) is 5.82. The zero-order chi connectivity index (χ0) is 15.5. The monoisotopic (exact) mass is 339 g/mol. The number of carbonyl (C=O) groups is 1. The number of hydrogen-bond donors (Lipinski definition) is 1. The van der Waals surface area contributed by atoms with Crippen LogP contribution in [0.2, 0.25) is 10.0 Å². The van der Waals surface area contributed by atoms with Crippen LogP contribution in [0.25, 0.3) is 0 Å². The van der Waals surface area contributed by atoms with Gasteiger partial charge in [-0.05, 0) is 18.1 Å². The van der Waals surface area contributed by atoms with Gasteiger partial charge in [-0.1, -0.05) is 43.1 Å². The Balaban J connectivity index is 3.32. The second-order valence-corrected chi connectivity index (χ2v) is 7.33. The van der Waals surface area contributed by atoms with Gasteiger partial charge in [0, 0.05) is 6.54 Å². The number of benzene rings is 1. The normalized spacial score (nSPS) is 12.1. The quantitative estimate of drug-likeness (QED) is 0.864. The number of halogens is 2. The van der Waals surface area contributed by atoms with Gasteiger partial charge in [-0.25, -0.2) is 8.42 Å². The average molecular weight is 340 g/mol. The molecule has 8 heteroatoms. The van der Waals surface area contributed by atoms with Crippen LogP contribution < -0.4 is 0 Å². The lowest BCUT2D eigenvalue weighted by Crippen LogP contribution is -2.38. The fraction of sp³-hybridized carbons (Fsp3) is 0.417. The molecule has 1 N–H and O–H groups in total. The third kappa shape index (κ3) is 4.09. The molecular weight excluding hydrogens is 325 g/mol. The Morgan fingerprint density at radius 1 is 1.30 bits per heavy atom. The first kappa shape index (κ1) is 17.2. The Labute approximate surface area is 128 Å². The first-order valence-corrected chi connectivity index (χ1v) is 8.01. The van der Waals surface area contributed by atoms with Gasteiger partial charge in [-0.15, -0.1) is 0 Å². The van der Waals surface area contributed by atoms with Crippen molar-refractivity contribution in [1.29, 1.82) is 0 Å². The summed E-state index contributed by atoms with van der Waals surface area (Å²) < 4.78 is 25.9. The van der Waals surface area contributed by atoms with Crippen molar-refractivity contribution in [2.24, 2.45) is 5.92 Å². The van der Waals surface area contributed by atoms with Crippen LogP contribution in [0.3, 0.4) is 0 Å². The zero-order valence-electron chi connectivity index (χ0n) is 11.0. The molecule has 5 nitrogen and oxygen atoms in total. The number of rotatable bonds is 6. The van der Waals surface area contributed by atoms with E-state index in [1.807, 2.05) is 0 Å². The fourth-order valence-corrected chi connectivity index (χ4v) is 4.31. The Morgan fingerprint density at radius 3 is 2.20 bits per heavy atom. The number of sulfonamides is 1. The molecule has 0 unspecified atom stereocenters. The SMILES string of the molecule is CC(C)CN(CC(=O)O)S(=O)(=O)c1c(Cl)cccc1Cl. The van der Waals surface area contributed by atoms with E-state index in [4.69, 9.17) is 28.3 Å². The Bertz CT molecular complexity index is 581. The second-order valence-electron chi connectivity index (χ2n) is 4.64. The number of aliphatic carboxylic acids is 1. The van der Waals surface area contributed by atoms with E-state index in [9.17, 15) is 13.2 Å². The van der Waals surface area contributed by atoms with Crippen LogP contribution >= 0.6 is 23.2 Å². The van der Waals surface area contributed by atoms with Crippen LogP contribution in [0, 0.1) is 5.92 Å². The summed E-state index contributed by atoms with van der Waals surface area (Å²) in [5, 5.41) is 8.81. The molecular formula is C12H15Cl2NO4S. The summed E-state index contributed by atoms with van der Waals surface area (Å²) in [5.74, 6) is -1.28. The van der Waals surface area contributed by atoms with Crippen LogP contribution in [0.15, 0.2) is 23.1 Å². The second kappa shape index (κ2) is 6.76. The topological polar surface area (TPSA) is 74.7 Å². The van der Waals surface area contributed by atoms with Crippen LogP contribution in [0.5, 0.6) is 0 Å². The highest BCUT2D eigenvalue weighted by Crippen LogP contribution is 2.31. The molecule has 1 aromatic carbocycles. The molecule has 0 saturated heterocycles. The van der Waals surface area contributed by atoms with Gasteiger partial charge in [0.05, 0.1) is 10.0 Å². The van der Waals surface area contributed by atoms with Crippen LogP contribution in [0.1, 0.15) is 13.8 Å². The van der Waals surface area contributed by atoms with Gasteiger partial charge < -0.3 is 5.11 Å². The van der Waals surface area contributed by atoms with Crippen molar-refractivity contribution in [3.63, 3.8) is 0 Å². The fourth-order valence-electron chi connectivity index (χ4n) is 1.66. The molecule has 0 radical (unpaired) electrons. The van der Waals surface area contributed by atoms with Crippen molar-refractivity contribution in [2.45, 2.75) is 18.7 Å². The molecule has 0 spiro atoms. The largest absolute Gasteiger partial charge is 0.480 e. The number of carboxylic acid groups (broad SMARTS) is 1. The summed E-state index contributed by atoms with van der Waals surface area (Å²) in [5.41, 5.74) is 0. The van der Waals surface area contributed by atoms with Crippen molar-refractivity contribution in [1.82, 2.24) is 4.31 Å². The first-order valence-electron chi connectivity index (χ1n) is 5.82. The smallest absolute Gasteiger partial charge is 0.318 e. The summed E-state index contributed by atoms with van der Waals surface area (Å²) in [6, 6.07) is 4.32.